The number of hydrogen-bond donors (Lipinski definition) is 0. The summed E-state index contributed by atoms with van der Waals surface area (Å²) in [6, 6.07) is 4.14. The quantitative estimate of drug-likeness (QED) is 0.661. The van der Waals surface area contributed by atoms with Crippen molar-refractivity contribution in [3.8, 4) is 0 Å². The van der Waals surface area contributed by atoms with Gasteiger partial charge in [0.25, 0.3) is 0 Å². The average Bonchev–Trinajstić information content (AvgIpc) is 2.50. The summed E-state index contributed by atoms with van der Waals surface area (Å²) in [5.74, 6) is 0. The Labute approximate surface area is 73.0 Å². The van der Waals surface area contributed by atoms with Crippen molar-refractivity contribution in [3.63, 3.8) is 0 Å². The molecule has 56 valence electrons. The van der Waals surface area contributed by atoms with E-state index >= 15 is 0 Å². The van der Waals surface area contributed by atoms with Crippen LogP contribution in [-0.4, -0.2) is 9.38 Å². The zero-order valence-electron chi connectivity index (χ0n) is 5.87. The van der Waals surface area contributed by atoms with Gasteiger partial charge in [-0.15, -0.1) is 0 Å². The van der Waals surface area contributed by atoms with Gasteiger partial charge in [-0.05, 0) is 17.7 Å². The molecule has 0 saturated heterocycles. The van der Waals surface area contributed by atoms with Gasteiger partial charge in [0.1, 0.15) is 5.65 Å². The van der Waals surface area contributed by atoms with Gasteiger partial charge >= 0.3 is 0 Å². The number of aromatic nitrogens is 2. The highest BCUT2D eigenvalue weighted by atomic mass is 79.9. The second-order valence-corrected chi connectivity index (χ2v) is 2.92. The molecular formula is C8H7BrN2. The number of hydrogen-bond acceptors (Lipinski definition) is 1. The first-order valence-corrected chi connectivity index (χ1v) is 4.50. The highest BCUT2D eigenvalue weighted by Gasteiger charge is 1.93. The molecule has 0 aliphatic heterocycles. The lowest BCUT2D eigenvalue weighted by molar-refractivity contribution is 1.17. The lowest BCUT2D eigenvalue weighted by Crippen LogP contribution is -1.84. The lowest BCUT2D eigenvalue weighted by Gasteiger charge is -1.95. The third-order valence-electron chi connectivity index (χ3n) is 1.62. The molecule has 0 bridgehead atoms. The van der Waals surface area contributed by atoms with Gasteiger partial charge in [0, 0.05) is 23.9 Å². The second kappa shape index (κ2) is 2.66. The van der Waals surface area contributed by atoms with Crippen LogP contribution >= 0.6 is 15.9 Å². The van der Waals surface area contributed by atoms with E-state index in [4.69, 9.17) is 0 Å². The molecule has 0 saturated carbocycles. The normalized spacial score (nSPS) is 10.6. The lowest BCUT2D eigenvalue weighted by atomic mass is 10.3. The van der Waals surface area contributed by atoms with E-state index < -0.39 is 0 Å². The van der Waals surface area contributed by atoms with Gasteiger partial charge in [0.05, 0.1) is 0 Å². The summed E-state index contributed by atoms with van der Waals surface area (Å²) >= 11 is 3.39. The molecule has 0 atom stereocenters. The molecule has 0 radical (unpaired) electrons. The summed E-state index contributed by atoms with van der Waals surface area (Å²) in [5.41, 5.74) is 2.26. The number of rotatable bonds is 1. The zero-order chi connectivity index (χ0) is 7.68. The molecule has 0 aliphatic rings. The summed E-state index contributed by atoms with van der Waals surface area (Å²) in [4.78, 5) is 4.17. The number of alkyl halides is 1. The molecule has 2 nitrogen and oxygen atoms in total. The predicted molar refractivity (Wildman–Crippen MR) is 47.8 cm³/mol. The number of imidazole rings is 1. The smallest absolute Gasteiger partial charge is 0.136 e. The van der Waals surface area contributed by atoms with E-state index in [1.54, 1.807) is 6.20 Å². The molecule has 0 aromatic carbocycles. The van der Waals surface area contributed by atoms with Crippen molar-refractivity contribution < 1.29 is 0 Å². The molecule has 0 unspecified atom stereocenters. The minimum absolute atomic E-state index is 0.885. The number of pyridine rings is 1. The fourth-order valence-electron chi connectivity index (χ4n) is 1.04. The van der Waals surface area contributed by atoms with Gasteiger partial charge in [0.15, 0.2) is 0 Å². The first kappa shape index (κ1) is 6.85. The summed E-state index contributed by atoms with van der Waals surface area (Å²) in [5, 5.41) is 0.885. The van der Waals surface area contributed by atoms with Crippen LogP contribution in [0.25, 0.3) is 5.65 Å². The van der Waals surface area contributed by atoms with E-state index in [1.807, 2.05) is 16.8 Å². The first-order valence-electron chi connectivity index (χ1n) is 3.38. The first-order chi connectivity index (χ1) is 5.40. The van der Waals surface area contributed by atoms with Crippen LogP contribution < -0.4 is 0 Å². The van der Waals surface area contributed by atoms with Crippen molar-refractivity contribution in [2.75, 3.05) is 0 Å². The van der Waals surface area contributed by atoms with E-state index in [0.717, 1.165) is 11.0 Å². The molecule has 0 aliphatic carbocycles. The van der Waals surface area contributed by atoms with E-state index in [1.165, 1.54) is 5.56 Å². The molecule has 2 aromatic heterocycles. The Kier molecular flexibility index (Phi) is 1.66. The monoisotopic (exact) mass is 210 g/mol. The Morgan fingerprint density at radius 2 is 2.36 bits per heavy atom. The standard InChI is InChI=1S/C8H7BrN2/c9-6-7-1-3-11-4-2-10-8(11)5-7/h1-5H,6H2. The molecule has 2 aromatic rings. The van der Waals surface area contributed by atoms with Crippen LogP contribution in [0.15, 0.2) is 30.7 Å². The SMILES string of the molecule is BrCc1ccn2ccnc2c1. The van der Waals surface area contributed by atoms with Crippen molar-refractivity contribution >= 4 is 21.6 Å². The van der Waals surface area contributed by atoms with Crippen LogP contribution in [0, 0.1) is 0 Å². The number of fused-ring (bicyclic) bond motifs is 1. The highest BCUT2D eigenvalue weighted by Crippen LogP contribution is 2.08. The topological polar surface area (TPSA) is 17.3 Å². The Morgan fingerprint density at radius 3 is 3.18 bits per heavy atom. The van der Waals surface area contributed by atoms with Gasteiger partial charge in [-0.3, -0.25) is 0 Å². The van der Waals surface area contributed by atoms with Crippen LogP contribution in [0.1, 0.15) is 5.56 Å². The maximum absolute atomic E-state index is 4.17. The number of halogens is 1. The maximum Gasteiger partial charge on any atom is 0.136 e. The number of nitrogens with zero attached hydrogens (tertiary/aromatic N) is 2. The van der Waals surface area contributed by atoms with Gasteiger partial charge in [0.2, 0.25) is 0 Å². The molecule has 0 amide bonds. The van der Waals surface area contributed by atoms with Crippen molar-refractivity contribution in [2.45, 2.75) is 5.33 Å². The molecule has 0 fully saturated rings. The molecule has 0 spiro atoms. The maximum atomic E-state index is 4.17. The minimum Gasteiger partial charge on any atom is -0.307 e. The molecule has 11 heavy (non-hydrogen) atoms. The fourth-order valence-corrected chi connectivity index (χ4v) is 1.38. The summed E-state index contributed by atoms with van der Waals surface area (Å²) in [6.07, 6.45) is 5.75. The Morgan fingerprint density at radius 1 is 1.45 bits per heavy atom. The molecule has 2 rings (SSSR count). The van der Waals surface area contributed by atoms with Crippen LogP contribution in [0.4, 0.5) is 0 Å². The Bertz CT molecular complexity index is 367. The van der Waals surface area contributed by atoms with Crippen molar-refractivity contribution in [1.82, 2.24) is 9.38 Å². The van der Waals surface area contributed by atoms with Crippen LogP contribution in [0.5, 0.6) is 0 Å². The Balaban J connectivity index is 2.67. The van der Waals surface area contributed by atoms with Crippen LogP contribution in [0.2, 0.25) is 0 Å². The predicted octanol–water partition coefficient (Wildman–Crippen LogP) is 2.23. The van der Waals surface area contributed by atoms with Crippen molar-refractivity contribution in [1.29, 1.82) is 0 Å². The Hall–Kier alpha value is -0.830. The molecule has 3 heteroatoms. The van der Waals surface area contributed by atoms with E-state index in [0.29, 0.717) is 0 Å². The van der Waals surface area contributed by atoms with Crippen LogP contribution in [-0.2, 0) is 5.33 Å². The van der Waals surface area contributed by atoms with Gasteiger partial charge in [-0.2, -0.15) is 0 Å². The summed E-state index contributed by atoms with van der Waals surface area (Å²) < 4.78 is 1.99. The van der Waals surface area contributed by atoms with Crippen molar-refractivity contribution in [3.05, 3.63) is 36.3 Å². The third kappa shape index (κ3) is 1.16. The van der Waals surface area contributed by atoms with Crippen LogP contribution in [0.3, 0.4) is 0 Å². The van der Waals surface area contributed by atoms with E-state index in [9.17, 15) is 0 Å². The summed E-state index contributed by atoms with van der Waals surface area (Å²) in [7, 11) is 0. The molecule has 2 heterocycles. The third-order valence-corrected chi connectivity index (χ3v) is 2.26. The zero-order valence-corrected chi connectivity index (χ0v) is 7.45. The summed E-state index contributed by atoms with van der Waals surface area (Å²) in [6.45, 7) is 0. The van der Waals surface area contributed by atoms with E-state index in [-0.39, 0.29) is 0 Å². The minimum atomic E-state index is 0.885. The van der Waals surface area contributed by atoms with Gasteiger partial charge < -0.3 is 4.40 Å². The van der Waals surface area contributed by atoms with E-state index in [2.05, 4.69) is 33.0 Å². The van der Waals surface area contributed by atoms with Crippen molar-refractivity contribution in [2.24, 2.45) is 0 Å². The fraction of sp³-hybridized carbons (Fsp3) is 0.125. The molecular weight excluding hydrogens is 204 g/mol. The second-order valence-electron chi connectivity index (χ2n) is 2.36. The highest BCUT2D eigenvalue weighted by molar-refractivity contribution is 9.08. The average molecular weight is 211 g/mol. The molecule has 0 N–H and O–H groups in total. The van der Waals surface area contributed by atoms with Gasteiger partial charge in [-0.25, -0.2) is 4.98 Å². The van der Waals surface area contributed by atoms with Gasteiger partial charge in [-0.1, -0.05) is 15.9 Å². The largest absolute Gasteiger partial charge is 0.307 e.